The van der Waals surface area contributed by atoms with E-state index >= 15 is 0 Å². The second-order valence-electron chi connectivity index (χ2n) is 8.10. The summed E-state index contributed by atoms with van der Waals surface area (Å²) in [6.07, 6.45) is 6.91. The van der Waals surface area contributed by atoms with Gasteiger partial charge < -0.3 is 15.0 Å². The van der Waals surface area contributed by atoms with Crippen LogP contribution in [0.2, 0.25) is 0 Å². The molecule has 1 fully saturated rings. The first-order chi connectivity index (χ1) is 15.5. The largest absolute Gasteiger partial charge is 0.474 e. The van der Waals surface area contributed by atoms with Gasteiger partial charge in [0.15, 0.2) is 0 Å². The summed E-state index contributed by atoms with van der Waals surface area (Å²) >= 11 is 4.90. The van der Waals surface area contributed by atoms with Gasteiger partial charge >= 0.3 is 0 Å². The number of nitrogens with one attached hydrogen (secondary N) is 2. The Hall–Kier alpha value is -2.17. The number of hydroxylamine groups is 1. The number of rotatable bonds is 8. The Kier molecular flexibility index (Phi) is 7.64. The van der Waals surface area contributed by atoms with Gasteiger partial charge in [0.05, 0.1) is 25.1 Å². The molecule has 32 heavy (non-hydrogen) atoms. The molecule has 0 unspecified atom stereocenters. The van der Waals surface area contributed by atoms with E-state index in [-0.39, 0.29) is 11.8 Å². The van der Waals surface area contributed by atoms with Gasteiger partial charge in [-0.3, -0.25) is 14.4 Å². The smallest absolute Gasteiger partial charge is 0.266 e. The molecule has 0 aromatic carbocycles. The molecule has 2 aromatic rings. The van der Waals surface area contributed by atoms with Crippen molar-refractivity contribution in [2.24, 2.45) is 5.92 Å². The molecule has 2 N–H and O–H groups in total. The van der Waals surface area contributed by atoms with Crippen LogP contribution in [0.5, 0.6) is 5.88 Å². The second kappa shape index (κ2) is 10.6. The van der Waals surface area contributed by atoms with Gasteiger partial charge in [0.2, 0.25) is 5.88 Å². The van der Waals surface area contributed by atoms with Gasteiger partial charge in [0.1, 0.15) is 18.3 Å². The summed E-state index contributed by atoms with van der Waals surface area (Å²) in [6.45, 7) is 1.96. The maximum atomic E-state index is 12.9. The molecule has 1 aliphatic carbocycles. The predicted molar refractivity (Wildman–Crippen MR) is 126 cm³/mol. The zero-order valence-corrected chi connectivity index (χ0v) is 20.3. The van der Waals surface area contributed by atoms with Gasteiger partial charge in [0, 0.05) is 15.5 Å². The molecule has 8 nitrogen and oxygen atoms in total. The minimum atomic E-state index is -0.606. The summed E-state index contributed by atoms with van der Waals surface area (Å²) in [5, 5.41) is 2.91. The highest BCUT2D eigenvalue weighted by atomic mass is 79.9. The number of carbonyl (C=O) groups excluding carboxylic acids is 2. The topological polar surface area (TPSA) is 92.8 Å². The third kappa shape index (κ3) is 5.60. The van der Waals surface area contributed by atoms with E-state index in [0.717, 1.165) is 34.4 Å². The van der Waals surface area contributed by atoms with Crippen molar-refractivity contribution in [3.05, 3.63) is 38.6 Å². The lowest BCUT2D eigenvalue weighted by Gasteiger charge is -2.30. The van der Waals surface area contributed by atoms with Crippen LogP contribution in [0, 0.1) is 5.92 Å². The quantitative estimate of drug-likeness (QED) is 0.514. The molecule has 0 bridgehead atoms. The predicted octanol–water partition coefficient (Wildman–Crippen LogP) is 3.66. The van der Waals surface area contributed by atoms with Crippen LogP contribution in [-0.2, 0) is 16.2 Å². The Morgan fingerprint density at radius 1 is 1.38 bits per heavy atom. The van der Waals surface area contributed by atoms with Crippen LogP contribution in [0.1, 0.15) is 46.7 Å². The Morgan fingerprint density at radius 2 is 2.19 bits per heavy atom. The zero-order valence-electron chi connectivity index (χ0n) is 17.9. The monoisotopic (exact) mass is 522 g/mol. The summed E-state index contributed by atoms with van der Waals surface area (Å²) < 4.78 is 6.54. The van der Waals surface area contributed by atoms with Gasteiger partial charge in [-0.2, -0.15) is 0 Å². The van der Waals surface area contributed by atoms with E-state index < -0.39 is 6.04 Å². The molecule has 2 aliphatic rings. The molecular weight excluding hydrogens is 496 g/mol. The van der Waals surface area contributed by atoms with Crippen molar-refractivity contribution in [2.75, 3.05) is 25.2 Å². The molecule has 0 radical (unpaired) electrons. The number of halogens is 1. The zero-order chi connectivity index (χ0) is 22.5. The van der Waals surface area contributed by atoms with Gasteiger partial charge in [0.25, 0.3) is 11.8 Å². The van der Waals surface area contributed by atoms with Crippen molar-refractivity contribution in [2.45, 2.75) is 44.7 Å². The molecule has 1 atom stereocenters. The minimum Gasteiger partial charge on any atom is -0.474 e. The van der Waals surface area contributed by atoms with Gasteiger partial charge in [-0.1, -0.05) is 25.7 Å². The first kappa shape index (κ1) is 23.0. The molecule has 2 amide bonds. The molecule has 2 aromatic heterocycles. The number of thiophene rings is 1. The van der Waals surface area contributed by atoms with E-state index in [9.17, 15) is 9.59 Å². The Balaban J connectivity index is 1.41. The molecule has 172 valence electrons. The number of amides is 2. The number of nitrogens with zero attached hydrogens (tertiary/aromatic N) is 2. The maximum Gasteiger partial charge on any atom is 0.266 e. The first-order valence-electron chi connectivity index (χ1n) is 10.8. The Morgan fingerprint density at radius 3 is 2.97 bits per heavy atom. The van der Waals surface area contributed by atoms with Crippen LogP contribution in [-0.4, -0.2) is 43.1 Å². The SMILES string of the molecule is CONC(=O)[C@H](CC1CCCC1)NC(=O)c1ccc(CN2CCOc3ncc(Br)cc32)s1. The normalized spacial score (nSPS) is 16.9. The van der Waals surface area contributed by atoms with Crippen molar-refractivity contribution in [1.29, 1.82) is 0 Å². The van der Waals surface area contributed by atoms with E-state index in [1.54, 1.807) is 6.20 Å². The highest BCUT2D eigenvalue weighted by molar-refractivity contribution is 9.10. The van der Waals surface area contributed by atoms with Crippen molar-refractivity contribution in [3.8, 4) is 5.88 Å². The standard InChI is InChI=1S/C22H27BrN4O4S/c1-30-26-20(28)17(10-14-4-2-3-5-14)25-21(29)19-7-6-16(32-19)13-27-8-9-31-22-18(27)11-15(23)12-24-22/h6-7,11-12,14,17H,2-5,8-10,13H2,1H3,(H,25,29)(H,26,28)/t17-/m0/s1. The number of carbonyl (C=O) groups is 2. The summed E-state index contributed by atoms with van der Waals surface area (Å²) in [5.41, 5.74) is 3.30. The number of aromatic nitrogens is 1. The van der Waals surface area contributed by atoms with Crippen LogP contribution in [0.3, 0.4) is 0 Å². The van der Waals surface area contributed by atoms with E-state index in [0.29, 0.717) is 36.2 Å². The summed E-state index contributed by atoms with van der Waals surface area (Å²) in [6, 6.07) is 5.16. The highest BCUT2D eigenvalue weighted by Gasteiger charge is 2.28. The third-order valence-electron chi connectivity index (χ3n) is 5.84. The minimum absolute atomic E-state index is 0.234. The highest BCUT2D eigenvalue weighted by Crippen LogP contribution is 2.34. The number of fused-ring (bicyclic) bond motifs is 1. The molecule has 10 heteroatoms. The lowest BCUT2D eigenvalue weighted by molar-refractivity contribution is -0.133. The molecule has 0 spiro atoms. The van der Waals surface area contributed by atoms with Crippen LogP contribution in [0.15, 0.2) is 28.9 Å². The number of ether oxygens (including phenoxy) is 1. The average molecular weight is 523 g/mol. The average Bonchev–Trinajstić information content (AvgIpc) is 3.46. The number of hydrogen-bond acceptors (Lipinski definition) is 7. The number of anilines is 1. The fourth-order valence-corrected chi connectivity index (χ4v) is 5.52. The lowest BCUT2D eigenvalue weighted by atomic mass is 9.98. The fraction of sp³-hybridized carbons (Fsp3) is 0.500. The van der Waals surface area contributed by atoms with E-state index in [4.69, 9.17) is 9.57 Å². The van der Waals surface area contributed by atoms with Crippen molar-refractivity contribution >= 4 is 44.8 Å². The Labute approximate surface area is 199 Å². The third-order valence-corrected chi connectivity index (χ3v) is 7.34. The molecule has 1 aliphatic heterocycles. The first-order valence-corrected chi connectivity index (χ1v) is 12.4. The van der Waals surface area contributed by atoms with Crippen molar-refractivity contribution < 1.29 is 19.2 Å². The molecule has 3 heterocycles. The molecule has 4 rings (SSSR count). The maximum absolute atomic E-state index is 12.9. The van der Waals surface area contributed by atoms with Crippen molar-refractivity contribution in [3.63, 3.8) is 0 Å². The van der Waals surface area contributed by atoms with E-state index in [1.165, 1.54) is 31.3 Å². The van der Waals surface area contributed by atoms with Crippen LogP contribution < -0.4 is 20.4 Å². The van der Waals surface area contributed by atoms with Gasteiger partial charge in [-0.25, -0.2) is 10.5 Å². The summed E-state index contributed by atoms with van der Waals surface area (Å²) in [4.78, 5) is 38.3. The lowest BCUT2D eigenvalue weighted by Crippen LogP contribution is -2.47. The van der Waals surface area contributed by atoms with Gasteiger partial charge in [-0.15, -0.1) is 11.3 Å². The van der Waals surface area contributed by atoms with E-state index in [2.05, 4.69) is 36.6 Å². The number of hydrogen-bond donors (Lipinski definition) is 2. The van der Waals surface area contributed by atoms with E-state index in [1.807, 2.05) is 18.2 Å². The van der Waals surface area contributed by atoms with Crippen LogP contribution >= 0.6 is 27.3 Å². The molecule has 0 saturated heterocycles. The summed E-state index contributed by atoms with van der Waals surface area (Å²) in [7, 11) is 1.40. The number of pyridine rings is 1. The van der Waals surface area contributed by atoms with Crippen molar-refractivity contribution in [1.82, 2.24) is 15.8 Å². The second-order valence-corrected chi connectivity index (χ2v) is 10.2. The van der Waals surface area contributed by atoms with Gasteiger partial charge in [-0.05, 0) is 46.5 Å². The van der Waals surface area contributed by atoms with Crippen LogP contribution in [0.25, 0.3) is 0 Å². The summed E-state index contributed by atoms with van der Waals surface area (Å²) in [5.74, 6) is 0.527. The Bertz CT molecular complexity index is 963. The molecule has 1 saturated carbocycles. The molecular formula is C22H27BrN4O4S. The van der Waals surface area contributed by atoms with Crippen LogP contribution in [0.4, 0.5) is 5.69 Å². The fourth-order valence-electron chi connectivity index (χ4n) is 4.28.